The number of aromatic nitrogens is 4. The molecule has 136 valence electrons. The lowest BCUT2D eigenvalue weighted by molar-refractivity contribution is 0.0499. The summed E-state index contributed by atoms with van der Waals surface area (Å²) in [6, 6.07) is 5.33. The molecule has 7 nitrogen and oxygen atoms in total. The Morgan fingerprint density at radius 2 is 2.12 bits per heavy atom. The summed E-state index contributed by atoms with van der Waals surface area (Å²) >= 11 is 1.52. The SMILES string of the molecule is CCn1c(SC)nnc1[C@@H](Cc1ccccn1)NC(=O)OC(C)(C)C. The molecule has 0 radical (unpaired) electrons. The summed E-state index contributed by atoms with van der Waals surface area (Å²) < 4.78 is 7.40. The second-order valence-electron chi connectivity index (χ2n) is 6.51. The Morgan fingerprint density at radius 1 is 1.36 bits per heavy atom. The standard InChI is InChI=1S/C17H25N5O2S/c1-6-22-14(20-21-15(22)25-5)13(11-12-9-7-8-10-18-12)19-16(23)24-17(2,3)4/h7-10,13H,6,11H2,1-5H3,(H,19,23)/t13-/m1/s1. The van der Waals surface area contributed by atoms with Crippen LogP contribution < -0.4 is 5.32 Å². The number of thioether (sulfide) groups is 1. The van der Waals surface area contributed by atoms with Gasteiger partial charge in [0.25, 0.3) is 0 Å². The highest BCUT2D eigenvalue weighted by Gasteiger charge is 2.25. The number of hydrogen-bond donors (Lipinski definition) is 1. The van der Waals surface area contributed by atoms with Crippen molar-refractivity contribution in [1.82, 2.24) is 25.1 Å². The van der Waals surface area contributed by atoms with E-state index in [1.165, 1.54) is 11.8 Å². The zero-order valence-electron chi connectivity index (χ0n) is 15.3. The van der Waals surface area contributed by atoms with Crippen LogP contribution in [-0.4, -0.2) is 37.7 Å². The van der Waals surface area contributed by atoms with Gasteiger partial charge in [0.05, 0.1) is 6.04 Å². The van der Waals surface area contributed by atoms with Crippen molar-refractivity contribution in [3.8, 4) is 0 Å². The number of amides is 1. The Morgan fingerprint density at radius 3 is 2.68 bits per heavy atom. The minimum atomic E-state index is -0.567. The van der Waals surface area contributed by atoms with Gasteiger partial charge in [-0.05, 0) is 46.1 Å². The van der Waals surface area contributed by atoms with Gasteiger partial charge in [-0.15, -0.1) is 10.2 Å². The molecule has 25 heavy (non-hydrogen) atoms. The van der Waals surface area contributed by atoms with Crippen LogP contribution in [0.25, 0.3) is 0 Å². The van der Waals surface area contributed by atoms with Crippen LogP contribution in [0.1, 0.15) is 45.3 Å². The van der Waals surface area contributed by atoms with Crippen molar-refractivity contribution in [3.05, 3.63) is 35.9 Å². The summed E-state index contributed by atoms with van der Waals surface area (Å²) in [6.07, 6.45) is 3.71. The van der Waals surface area contributed by atoms with Crippen LogP contribution >= 0.6 is 11.8 Å². The molecular weight excluding hydrogens is 338 g/mol. The van der Waals surface area contributed by atoms with Gasteiger partial charge in [0.15, 0.2) is 11.0 Å². The first-order valence-corrected chi connectivity index (χ1v) is 9.43. The first-order chi connectivity index (χ1) is 11.8. The monoisotopic (exact) mass is 363 g/mol. The Hall–Kier alpha value is -2.09. The largest absolute Gasteiger partial charge is 0.444 e. The molecule has 0 aromatic carbocycles. The molecule has 0 unspecified atom stereocenters. The fourth-order valence-corrected chi connectivity index (χ4v) is 2.96. The highest BCUT2D eigenvalue weighted by molar-refractivity contribution is 7.98. The zero-order chi connectivity index (χ0) is 18.4. The second kappa shape index (κ2) is 8.33. The van der Waals surface area contributed by atoms with Crippen molar-refractivity contribution in [1.29, 1.82) is 0 Å². The predicted octanol–water partition coefficient (Wildman–Crippen LogP) is 3.22. The van der Waals surface area contributed by atoms with E-state index in [1.807, 2.05) is 56.7 Å². The Labute approximate surface area is 152 Å². The van der Waals surface area contributed by atoms with E-state index in [0.29, 0.717) is 18.8 Å². The van der Waals surface area contributed by atoms with E-state index in [2.05, 4.69) is 20.5 Å². The highest BCUT2D eigenvalue weighted by Crippen LogP contribution is 2.22. The van der Waals surface area contributed by atoms with E-state index in [-0.39, 0.29) is 6.04 Å². The Kier molecular flexibility index (Phi) is 6.41. The molecule has 2 heterocycles. The minimum Gasteiger partial charge on any atom is -0.444 e. The number of carbonyl (C=O) groups is 1. The fraction of sp³-hybridized carbons (Fsp3) is 0.529. The molecule has 2 aromatic heterocycles. The third kappa shape index (κ3) is 5.45. The molecule has 0 aliphatic heterocycles. The molecule has 0 aliphatic rings. The molecule has 0 aliphatic carbocycles. The molecule has 1 amide bonds. The first kappa shape index (κ1) is 19.2. The number of pyridine rings is 1. The zero-order valence-corrected chi connectivity index (χ0v) is 16.1. The van der Waals surface area contributed by atoms with E-state index >= 15 is 0 Å². The van der Waals surface area contributed by atoms with E-state index in [4.69, 9.17) is 4.74 Å². The molecule has 2 aromatic rings. The molecule has 1 N–H and O–H groups in total. The Balaban J connectivity index is 2.29. The minimum absolute atomic E-state index is 0.377. The molecular formula is C17H25N5O2S. The second-order valence-corrected chi connectivity index (χ2v) is 7.29. The topological polar surface area (TPSA) is 81.9 Å². The number of rotatable bonds is 6. The van der Waals surface area contributed by atoms with Crippen molar-refractivity contribution < 1.29 is 9.53 Å². The van der Waals surface area contributed by atoms with Crippen LogP contribution in [-0.2, 0) is 17.7 Å². The quantitative estimate of drug-likeness (QED) is 0.794. The molecule has 0 fully saturated rings. The number of hydrogen-bond acceptors (Lipinski definition) is 6. The lowest BCUT2D eigenvalue weighted by Crippen LogP contribution is -2.37. The molecule has 2 rings (SSSR count). The number of nitrogens with zero attached hydrogens (tertiary/aromatic N) is 4. The van der Waals surface area contributed by atoms with Crippen molar-refractivity contribution in [2.45, 2.75) is 57.5 Å². The van der Waals surface area contributed by atoms with Crippen LogP contribution in [0.5, 0.6) is 0 Å². The van der Waals surface area contributed by atoms with Gasteiger partial charge in [-0.1, -0.05) is 17.8 Å². The van der Waals surface area contributed by atoms with Crippen molar-refractivity contribution >= 4 is 17.9 Å². The average Bonchev–Trinajstić information content (AvgIpc) is 2.96. The summed E-state index contributed by atoms with van der Waals surface area (Å²) in [6.45, 7) is 8.24. The van der Waals surface area contributed by atoms with Gasteiger partial charge in [0.1, 0.15) is 5.60 Å². The normalized spacial score (nSPS) is 12.7. The van der Waals surface area contributed by atoms with Gasteiger partial charge in [-0.25, -0.2) is 4.79 Å². The van der Waals surface area contributed by atoms with Crippen molar-refractivity contribution in [3.63, 3.8) is 0 Å². The van der Waals surface area contributed by atoms with Crippen LogP contribution in [0.2, 0.25) is 0 Å². The average molecular weight is 363 g/mol. The molecule has 0 bridgehead atoms. The van der Waals surface area contributed by atoms with E-state index < -0.39 is 11.7 Å². The maximum absolute atomic E-state index is 12.3. The number of carbonyl (C=O) groups excluding carboxylic acids is 1. The molecule has 0 spiro atoms. The third-order valence-electron chi connectivity index (χ3n) is 3.39. The molecule has 0 saturated carbocycles. The van der Waals surface area contributed by atoms with Gasteiger partial charge < -0.3 is 14.6 Å². The van der Waals surface area contributed by atoms with Gasteiger partial charge >= 0.3 is 6.09 Å². The fourth-order valence-electron chi connectivity index (χ4n) is 2.39. The van der Waals surface area contributed by atoms with Gasteiger partial charge in [-0.3, -0.25) is 4.98 Å². The summed E-state index contributed by atoms with van der Waals surface area (Å²) in [5, 5.41) is 12.2. The maximum atomic E-state index is 12.3. The van der Waals surface area contributed by atoms with Crippen LogP contribution in [0.4, 0.5) is 4.79 Å². The van der Waals surface area contributed by atoms with Crippen LogP contribution in [0.15, 0.2) is 29.6 Å². The molecule has 1 atom stereocenters. The number of ether oxygens (including phenoxy) is 1. The predicted molar refractivity (Wildman–Crippen MR) is 97.5 cm³/mol. The summed E-state index contributed by atoms with van der Waals surface area (Å²) in [7, 11) is 0. The summed E-state index contributed by atoms with van der Waals surface area (Å²) in [4.78, 5) is 16.6. The first-order valence-electron chi connectivity index (χ1n) is 8.20. The highest BCUT2D eigenvalue weighted by atomic mass is 32.2. The van der Waals surface area contributed by atoms with Gasteiger partial charge in [-0.2, -0.15) is 0 Å². The number of alkyl carbamates (subject to hydrolysis) is 1. The van der Waals surface area contributed by atoms with Crippen molar-refractivity contribution in [2.75, 3.05) is 6.26 Å². The molecule has 8 heteroatoms. The lowest BCUT2D eigenvalue weighted by Gasteiger charge is -2.23. The van der Waals surface area contributed by atoms with E-state index in [9.17, 15) is 4.79 Å². The van der Waals surface area contributed by atoms with E-state index in [1.54, 1.807) is 6.20 Å². The lowest BCUT2D eigenvalue weighted by atomic mass is 10.1. The summed E-state index contributed by atoms with van der Waals surface area (Å²) in [5.41, 5.74) is 0.294. The van der Waals surface area contributed by atoms with Crippen LogP contribution in [0, 0.1) is 0 Å². The number of nitrogens with one attached hydrogen (secondary N) is 1. The Bertz CT molecular complexity index is 697. The third-order valence-corrected chi connectivity index (χ3v) is 4.05. The summed E-state index contributed by atoms with van der Waals surface area (Å²) in [5.74, 6) is 0.698. The maximum Gasteiger partial charge on any atom is 0.408 e. The van der Waals surface area contributed by atoms with Crippen LogP contribution in [0.3, 0.4) is 0 Å². The smallest absolute Gasteiger partial charge is 0.408 e. The van der Waals surface area contributed by atoms with Gasteiger partial charge in [0.2, 0.25) is 0 Å². The van der Waals surface area contributed by atoms with E-state index in [0.717, 1.165) is 10.9 Å². The van der Waals surface area contributed by atoms with Crippen molar-refractivity contribution in [2.24, 2.45) is 0 Å². The van der Waals surface area contributed by atoms with Gasteiger partial charge in [0, 0.05) is 24.9 Å². The molecule has 0 saturated heterocycles.